The van der Waals surface area contributed by atoms with Gasteiger partial charge in [-0.1, -0.05) is 6.07 Å². The molecule has 0 radical (unpaired) electrons. The highest BCUT2D eigenvalue weighted by atomic mass is 19.4. The molecule has 0 aliphatic rings. The molecule has 0 atom stereocenters. The molecule has 18 heavy (non-hydrogen) atoms. The lowest BCUT2D eigenvalue weighted by Gasteiger charge is -2.19. The zero-order valence-electron chi connectivity index (χ0n) is 10.2. The van der Waals surface area contributed by atoms with Crippen LogP contribution in [0.5, 0.6) is 5.75 Å². The van der Waals surface area contributed by atoms with Crippen LogP contribution in [0.25, 0.3) is 0 Å². The molecule has 0 aliphatic carbocycles. The van der Waals surface area contributed by atoms with Crippen molar-refractivity contribution in [2.24, 2.45) is 0 Å². The Kier molecular flexibility index (Phi) is 3.88. The van der Waals surface area contributed by atoms with E-state index in [4.69, 9.17) is 4.74 Å². The molecule has 1 rings (SSSR count). The Hall–Kier alpha value is -1.72. The third-order valence-corrected chi connectivity index (χ3v) is 1.70. The maximum atomic E-state index is 12.0. The van der Waals surface area contributed by atoms with Crippen LogP contribution in [0.4, 0.5) is 13.2 Å². The maximum Gasteiger partial charge on any atom is 0.573 e. The third kappa shape index (κ3) is 5.07. The van der Waals surface area contributed by atoms with E-state index in [1.807, 2.05) is 0 Å². The van der Waals surface area contributed by atoms with Gasteiger partial charge in [-0.2, -0.15) is 0 Å². The zero-order chi connectivity index (χ0) is 14.0. The predicted molar refractivity (Wildman–Crippen MR) is 58.3 cm³/mol. The van der Waals surface area contributed by atoms with Gasteiger partial charge in [0.25, 0.3) is 0 Å². The molecule has 0 heterocycles. The van der Waals surface area contributed by atoms with Crippen molar-refractivity contribution in [3.8, 4) is 5.75 Å². The van der Waals surface area contributed by atoms with Crippen molar-refractivity contribution < 1.29 is 27.4 Å². The standard InChI is InChI=1S/C12H13F3O3/c1-11(2,3)18-10(16)8-5-4-6-9(7-8)17-12(13,14)15/h4-7H,1-3H3. The number of hydrogen-bond acceptors (Lipinski definition) is 3. The second kappa shape index (κ2) is 4.88. The minimum absolute atomic E-state index is 0.00618. The van der Waals surface area contributed by atoms with E-state index in [1.54, 1.807) is 20.8 Å². The molecule has 1 aromatic carbocycles. The summed E-state index contributed by atoms with van der Waals surface area (Å²) in [7, 11) is 0. The monoisotopic (exact) mass is 262 g/mol. The molecule has 1 aromatic rings. The van der Waals surface area contributed by atoms with Gasteiger partial charge >= 0.3 is 12.3 Å². The number of esters is 1. The molecule has 0 N–H and O–H groups in total. The smallest absolute Gasteiger partial charge is 0.456 e. The molecule has 0 amide bonds. The van der Waals surface area contributed by atoms with Crippen LogP contribution in [-0.4, -0.2) is 17.9 Å². The van der Waals surface area contributed by atoms with E-state index in [1.165, 1.54) is 12.1 Å². The average molecular weight is 262 g/mol. The highest BCUT2D eigenvalue weighted by Crippen LogP contribution is 2.24. The lowest BCUT2D eigenvalue weighted by Crippen LogP contribution is -2.24. The topological polar surface area (TPSA) is 35.5 Å². The number of alkyl halides is 3. The fourth-order valence-corrected chi connectivity index (χ4v) is 1.16. The number of carbonyl (C=O) groups excluding carboxylic acids is 1. The molecule has 0 unspecified atom stereocenters. The summed E-state index contributed by atoms with van der Waals surface area (Å²) < 4.78 is 44.8. The first-order valence-electron chi connectivity index (χ1n) is 5.16. The van der Waals surface area contributed by atoms with Crippen molar-refractivity contribution in [1.29, 1.82) is 0 Å². The Bertz CT molecular complexity index is 433. The van der Waals surface area contributed by atoms with E-state index in [-0.39, 0.29) is 5.56 Å². The van der Waals surface area contributed by atoms with Crippen molar-refractivity contribution in [1.82, 2.24) is 0 Å². The number of halogens is 3. The van der Waals surface area contributed by atoms with Gasteiger partial charge in [0.1, 0.15) is 11.4 Å². The number of benzene rings is 1. The van der Waals surface area contributed by atoms with Crippen LogP contribution < -0.4 is 4.74 Å². The minimum Gasteiger partial charge on any atom is -0.456 e. The minimum atomic E-state index is -4.79. The second-order valence-corrected chi connectivity index (χ2v) is 4.58. The first-order chi connectivity index (χ1) is 8.07. The van der Waals surface area contributed by atoms with Gasteiger partial charge in [0.2, 0.25) is 0 Å². The van der Waals surface area contributed by atoms with E-state index < -0.39 is 23.7 Å². The first kappa shape index (κ1) is 14.3. The molecule has 0 saturated heterocycles. The Morgan fingerprint density at radius 3 is 2.28 bits per heavy atom. The molecule has 0 aromatic heterocycles. The van der Waals surface area contributed by atoms with Gasteiger partial charge in [0, 0.05) is 0 Å². The molecule has 0 saturated carbocycles. The summed E-state index contributed by atoms with van der Waals surface area (Å²) in [5.41, 5.74) is -0.704. The summed E-state index contributed by atoms with van der Waals surface area (Å²) in [5.74, 6) is -1.15. The van der Waals surface area contributed by atoms with Crippen LogP contribution in [0.15, 0.2) is 24.3 Å². The number of rotatable bonds is 2. The van der Waals surface area contributed by atoms with Crippen LogP contribution >= 0.6 is 0 Å². The zero-order valence-corrected chi connectivity index (χ0v) is 10.2. The van der Waals surface area contributed by atoms with E-state index in [2.05, 4.69) is 4.74 Å². The number of ether oxygens (including phenoxy) is 2. The van der Waals surface area contributed by atoms with E-state index in [9.17, 15) is 18.0 Å². The molecular weight excluding hydrogens is 249 g/mol. The molecule has 0 spiro atoms. The third-order valence-electron chi connectivity index (χ3n) is 1.70. The summed E-state index contributed by atoms with van der Waals surface area (Å²) in [4.78, 5) is 11.6. The van der Waals surface area contributed by atoms with Crippen molar-refractivity contribution in [2.45, 2.75) is 32.7 Å². The van der Waals surface area contributed by atoms with Crippen molar-refractivity contribution in [2.75, 3.05) is 0 Å². The highest BCUT2D eigenvalue weighted by molar-refractivity contribution is 5.90. The highest BCUT2D eigenvalue weighted by Gasteiger charge is 2.31. The van der Waals surface area contributed by atoms with E-state index in [0.29, 0.717) is 0 Å². The SMILES string of the molecule is CC(C)(C)OC(=O)c1cccc(OC(F)(F)F)c1. The summed E-state index contributed by atoms with van der Waals surface area (Å²) in [5, 5.41) is 0. The Morgan fingerprint density at radius 2 is 1.78 bits per heavy atom. The van der Waals surface area contributed by atoms with Crippen molar-refractivity contribution >= 4 is 5.97 Å². The van der Waals surface area contributed by atoms with Crippen LogP contribution in [0.2, 0.25) is 0 Å². The molecule has 3 nitrogen and oxygen atoms in total. The maximum absolute atomic E-state index is 12.0. The number of hydrogen-bond donors (Lipinski definition) is 0. The van der Waals surface area contributed by atoms with Crippen molar-refractivity contribution in [3.63, 3.8) is 0 Å². The van der Waals surface area contributed by atoms with Gasteiger partial charge in [-0.15, -0.1) is 13.2 Å². The normalized spacial score (nSPS) is 12.1. The quantitative estimate of drug-likeness (QED) is 0.765. The Balaban J connectivity index is 2.85. The lowest BCUT2D eigenvalue weighted by atomic mass is 10.1. The summed E-state index contributed by atoms with van der Waals surface area (Å²) in [6.07, 6.45) is -4.79. The van der Waals surface area contributed by atoms with E-state index in [0.717, 1.165) is 12.1 Å². The van der Waals surface area contributed by atoms with Gasteiger partial charge in [-0.3, -0.25) is 0 Å². The molecule has 6 heteroatoms. The first-order valence-corrected chi connectivity index (χ1v) is 5.16. The summed E-state index contributed by atoms with van der Waals surface area (Å²) >= 11 is 0. The molecule has 100 valence electrons. The van der Waals surface area contributed by atoms with Gasteiger partial charge in [0.05, 0.1) is 5.56 Å². The van der Waals surface area contributed by atoms with Gasteiger partial charge < -0.3 is 9.47 Å². The van der Waals surface area contributed by atoms with Gasteiger partial charge in [0.15, 0.2) is 0 Å². The average Bonchev–Trinajstić information content (AvgIpc) is 2.12. The number of carbonyl (C=O) groups is 1. The Labute approximate surface area is 103 Å². The van der Waals surface area contributed by atoms with Crippen LogP contribution in [0.3, 0.4) is 0 Å². The molecule has 0 fully saturated rings. The molecule has 0 bridgehead atoms. The van der Waals surface area contributed by atoms with E-state index >= 15 is 0 Å². The van der Waals surface area contributed by atoms with Crippen LogP contribution in [-0.2, 0) is 4.74 Å². The molecular formula is C12H13F3O3. The summed E-state index contributed by atoms with van der Waals surface area (Å²) in [6.45, 7) is 5.00. The van der Waals surface area contributed by atoms with Crippen LogP contribution in [0.1, 0.15) is 31.1 Å². The second-order valence-electron chi connectivity index (χ2n) is 4.58. The fraction of sp³-hybridized carbons (Fsp3) is 0.417. The predicted octanol–water partition coefficient (Wildman–Crippen LogP) is 3.54. The van der Waals surface area contributed by atoms with Crippen LogP contribution in [0, 0.1) is 0 Å². The summed E-state index contributed by atoms with van der Waals surface area (Å²) in [6, 6.07) is 4.75. The largest absolute Gasteiger partial charge is 0.573 e. The van der Waals surface area contributed by atoms with Crippen molar-refractivity contribution in [3.05, 3.63) is 29.8 Å². The molecule has 0 aliphatic heterocycles. The fourth-order valence-electron chi connectivity index (χ4n) is 1.16. The van der Waals surface area contributed by atoms with Gasteiger partial charge in [-0.25, -0.2) is 4.79 Å². The Morgan fingerprint density at radius 1 is 1.17 bits per heavy atom. The van der Waals surface area contributed by atoms with Gasteiger partial charge in [-0.05, 0) is 39.0 Å². The lowest BCUT2D eigenvalue weighted by molar-refractivity contribution is -0.274.